The van der Waals surface area contributed by atoms with E-state index in [1.807, 2.05) is 6.92 Å². The first-order valence-electron chi connectivity index (χ1n) is 5.78. The molecule has 2 N–H and O–H groups in total. The summed E-state index contributed by atoms with van der Waals surface area (Å²) in [4.78, 5) is 19.9. The average molecular weight is 317 g/mol. The molecule has 0 spiro atoms. The number of nitrogens with zero attached hydrogens (tertiary/aromatic N) is 2. The van der Waals surface area contributed by atoms with Gasteiger partial charge in [0.2, 0.25) is 5.95 Å². The monoisotopic (exact) mass is 316 g/mol. The van der Waals surface area contributed by atoms with E-state index < -0.39 is 6.04 Å². The van der Waals surface area contributed by atoms with Crippen LogP contribution < -0.4 is 10.6 Å². The zero-order chi connectivity index (χ0) is 13.5. The molecule has 6 nitrogen and oxygen atoms in total. The lowest BCUT2D eigenvalue weighted by Gasteiger charge is -2.14. The van der Waals surface area contributed by atoms with Crippen LogP contribution >= 0.6 is 15.9 Å². The number of esters is 1. The Kier molecular flexibility index (Phi) is 5.84. The molecular formula is C11H17BrN4O2. The fraction of sp³-hybridized carbons (Fsp3) is 0.545. The summed E-state index contributed by atoms with van der Waals surface area (Å²) in [6, 6.07) is -0.467. The van der Waals surface area contributed by atoms with Gasteiger partial charge >= 0.3 is 5.97 Å². The minimum Gasteiger partial charge on any atom is -0.464 e. The molecule has 100 valence electrons. The van der Waals surface area contributed by atoms with Crippen molar-refractivity contribution in [3.63, 3.8) is 0 Å². The summed E-state index contributed by atoms with van der Waals surface area (Å²) in [5.41, 5.74) is 0. The van der Waals surface area contributed by atoms with Gasteiger partial charge in [-0.15, -0.1) is 0 Å². The number of carbonyl (C=O) groups excluding carboxylic acids is 1. The number of nitrogens with one attached hydrogen (secondary N) is 2. The van der Waals surface area contributed by atoms with Gasteiger partial charge in [0, 0.05) is 12.7 Å². The Morgan fingerprint density at radius 3 is 2.89 bits per heavy atom. The van der Waals surface area contributed by atoms with Gasteiger partial charge in [-0.2, -0.15) is 4.98 Å². The van der Waals surface area contributed by atoms with Crippen molar-refractivity contribution >= 4 is 33.7 Å². The Labute approximate surface area is 115 Å². The van der Waals surface area contributed by atoms with Crippen LogP contribution in [0.1, 0.15) is 20.8 Å². The molecule has 7 heteroatoms. The van der Waals surface area contributed by atoms with Crippen molar-refractivity contribution in [3.8, 4) is 0 Å². The molecule has 18 heavy (non-hydrogen) atoms. The van der Waals surface area contributed by atoms with Gasteiger partial charge in [-0.1, -0.05) is 0 Å². The molecular weight excluding hydrogens is 300 g/mol. The quantitative estimate of drug-likeness (QED) is 0.782. The van der Waals surface area contributed by atoms with E-state index in [1.165, 1.54) is 0 Å². The fourth-order valence-corrected chi connectivity index (χ4v) is 1.55. The Morgan fingerprint density at radius 1 is 1.56 bits per heavy atom. The lowest BCUT2D eigenvalue weighted by molar-refractivity contribution is -0.143. The number of ether oxygens (including phenoxy) is 1. The van der Waals surface area contributed by atoms with Crippen LogP contribution in [0.5, 0.6) is 0 Å². The number of hydrogen-bond acceptors (Lipinski definition) is 6. The molecule has 0 radical (unpaired) electrons. The molecule has 1 aromatic heterocycles. The van der Waals surface area contributed by atoms with Crippen molar-refractivity contribution in [3.05, 3.63) is 10.7 Å². The predicted octanol–water partition coefficient (Wildman–Crippen LogP) is 2.03. The van der Waals surface area contributed by atoms with E-state index in [4.69, 9.17) is 4.74 Å². The molecule has 0 amide bonds. The molecule has 0 aromatic carbocycles. The van der Waals surface area contributed by atoms with Crippen molar-refractivity contribution < 1.29 is 9.53 Å². The van der Waals surface area contributed by atoms with Gasteiger partial charge < -0.3 is 15.4 Å². The van der Waals surface area contributed by atoms with E-state index >= 15 is 0 Å². The van der Waals surface area contributed by atoms with Crippen LogP contribution in [0.3, 0.4) is 0 Å². The SMILES string of the molecule is CCNc1ncc(Br)c(NC(C)C(=O)OCC)n1. The lowest BCUT2D eigenvalue weighted by Crippen LogP contribution is -2.28. The van der Waals surface area contributed by atoms with E-state index in [-0.39, 0.29) is 5.97 Å². The summed E-state index contributed by atoms with van der Waals surface area (Å²) in [7, 11) is 0. The number of aromatic nitrogens is 2. The summed E-state index contributed by atoms with van der Waals surface area (Å²) in [6.45, 7) is 6.54. The first-order chi connectivity index (χ1) is 8.58. The Morgan fingerprint density at radius 2 is 2.28 bits per heavy atom. The molecule has 1 aromatic rings. The largest absolute Gasteiger partial charge is 0.464 e. The van der Waals surface area contributed by atoms with Gasteiger partial charge in [0.15, 0.2) is 0 Å². The number of halogens is 1. The highest BCUT2D eigenvalue weighted by molar-refractivity contribution is 9.10. The maximum absolute atomic E-state index is 11.5. The molecule has 0 aliphatic carbocycles. The van der Waals surface area contributed by atoms with Crippen LogP contribution in [0.4, 0.5) is 11.8 Å². The van der Waals surface area contributed by atoms with Crippen molar-refractivity contribution in [2.24, 2.45) is 0 Å². The number of rotatable bonds is 6. The van der Waals surface area contributed by atoms with Crippen LogP contribution in [0.25, 0.3) is 0 Å². The number of hydrogen-bond donors (Lipinski definition) is 2. The summed E-state index contributed by atoms with van der Waals surface area (Å²) in [5, 5.41) is 5.98. The second kappa shape index (κ2) is 7.15. The van der Waals surface area contributed by atoms with Gasteiger partial charge in [0.25, 0.3) is 0 Å². The Balaban J connectivity index is 2.76. The highest BCUT2D eigenvalue weighted by Gasteiger charge is 2.16. The van der Waals surface area contributed by atoms with Crippen LogP contribution in [0.2, 0.25) is 0 Å². The predicted molar refractivity (Wildman–Crippen MR) is 73.6 cm³/mol. The normalized spacial score (nSPS) is 11.8. The molecule has 0 fully saturated rings. The third kappa shape index (κ3) is 4.14. The van der Waals surface area contributed by atoms with Crippen LogP contribution in [-0.4, -0.2) is 35.1 Å². The first-order valence-corrected chi connectivity index (χ1v) is 6.57. The molecule has 1 rings (SSSR count). The molecule has 0 saturated carbocycles. The summed E-state index contributed by atoms with van der Waals surface area (Å²) >= 11 is 3.33. The van der Waals surface area contributed by atoms with E-state index in [9.17, 15) is 4.79 Å². The second-order valence-corrected chi connectivity index (χ2v) is 4.39. The van der Waals surface area contributed by atoms with Crippen molar-refractivity contribution in [1.82, 2.24) is 9.97 Å². The molecule has 0 aliphatic heterocycles. The fourth-order valence-electron chi connectivity index (χ4n) is 1.24. The van der Waals surface area contributed by atoms with Crippen LogP contribution in [-0.2, 0) is 9.53 Å². The highest BCUT2D eigenvalue weighted by Crippen LogP contribution is 2.20. The molecule has 1 heterocycles. The van der Waals surface area contributed by atoms with Gasteiger partial charge in [-0.05, 0) is 36.7 Å². The second-order valence-electron chi connectivity index (χ2n) is 3.54. The number of anilines is 2. The van der Waals surface area contributed by atoms with Crippen LogP contribution in [0, 0.1) is 0 Å². The zero-order valence-corrected chi connectivity index (χ0v) is 12.2. The summed E-state index contributed by atoms with van der Waals surface area (Å²) in [6.07, 6.45) is 1.63. The lowest BCUT2D eigenvalue weighted by atomic mass is 10.3. The van der Waals surface area contributed by atoms with Crippen molar-refractivity contribution in [1.29, 1.82) is 0 Å². The smallest absolute Gasteiger partial charge is 0.328 e. The molecule has 0 saturated heterocycles. The van der Waals surface area contributed by atoms with E-state index in [0.29, 0.717) is 22.8 Å². The summed E-state index contributed by atoms with van der Waals surface area (Å²) < 4.78 is 5.61. The molecule has 1 atom stereocenters. The van der Waals surface area contributed by atoms with Crippen LogP contribution in [0.15, 0.2) is 10.7 Å². The van der Waals surface area contributed by atoms with Crippen molar-refractivity contribution in [2.45, 2.75) is 26.8 Å². The third-order valence-corrected chi connectivity index (χ3v) is 2.65. The Hall–Kier alpha value is -1.37. The maximum atomic E-state index is 11.5. The Bertz CT molecular complexity index is 414. The topological polar surface area (TPSA) is 76.1 Å². The van der Waals surface area contributed by atoms with Gasteiger partial charge in [-0.3, -0.25) is 0 Å². The van der Waals surface area contributed by atoms with E-state index in [2.05, 4.69) is 36.5 Å². The van der Waals surface area contributed by atoms with Gasteiger partial charge in [0.1, 0.15) is 11.9 Å². The highest BCUT2D eigenvalue weighted by atomic mass is 79.9. The summed E-state index contributed by atoms with van der Waals surface area (Å²) in [5.74, 6) is 0.758. The van der Waals surface area contributed by atoms with Gasteiger partial charge in [-0.25, -0.2) is 9.78 Å². The molecule has 0 bridgehead atoms. The van der Waals surface area contributed by atoms with E-state index in [1.54, 1.807) is 20.0 Å². The minimum absolute atomic E-state index is 0.312. The van der Waals surface area contributed by atoms with E-state index in [0.717, 1.165) is 6.54 Å². The first kappa shape index (κ1) is 14.7. The number of carbonyl (C=O) groups is 1. The molecule has 0 aliphatic rings. The standard InChI is InChI=1S/C11H17BrN4O2/c1-4-13-11-14-6-8(12)9(16-11)15-7(3)10(17)18-5-2/h6-7H,4-5H2,1-3H3,(H2,13,14,15,16). The third-order valence-electron chi connectivity index (χ3n) is 2.07. The molecule has 1 unspecified atom stereocenters. The zero-order valence-electron chi connectivity index (χ0n) is 10.7. The minimum atomic E-state index is -0.467. The van der Waals surface area contributed by atoms with Gasteiger partial charge in [0.05, 0.1) is 11.1 Å². The average Bonchev–Trinajstić information content (AvgIpc) is 2.34. The van der Waals surface area contributed by atoms with Crippen molar-refractivity contribution in [2.75, 3.05) is 23.8 Å². The maximum Gasteiger partial charge on any atom is 0.328 e.